The third-order valence-electron chi connectivity index (χ3n) is 3.60. The highest BCUT2D eigenvalue weighted by Gasteiger charge is 2.20. The number of ether oxygens (including phenoxy) is 1. The van der Waals surface area contributed by atoms with Gasteiger partial charge in [-0.05, 0) is 30.9 Å². The fraction of sp³-hybridized carbons (Fsp3) is 0.286. The Bertz CT molecular complexity index is 812. The van der Waals surface area contributed by atoms with Crippen LogP contribution in [0.25, 0.3) is 4.96 Å². The van der Waals surface area contributed by atoms with Crippen molar-refractivity contribution < 1.29 is 9.53 Å². The van der Waals surface area contributed by atoms with Crippen LogP contribution >= 0.6 is 34.3 Å². The van der Waals surface area contributed by atoms with Gasteiger partial charge < -0.3 is 4.74 Å². The molecule has 4 nitrogen and oxygen atoms in total. The summed E-state index contributed by atoms with van der Waals surface area (Å²) >= 11 is 9.13. The smallest absolute Gasteiger partial charge is 0.348 e. The molecular formula is C14H11ClN2O2S2. The van der Waals surface area contributed by atoms with E-state index in [0.29, 0.717) is 15.7 Å². The summed E-state index contributed by atoms with van der Waals surface area (Å²) in [4.78, 5) is 19.2. The van der Waals surface area contributed by atoms with Gasteiger partial charge in [-0.1, -0.05) is 11.6 Å². The molecule has 3 aromatic rings. The van der Waals surface area contributed by atoms with Crippen molar-refractivity contribution in [1.82, 2.24) is 9.38 Å². The van der Waals surface area contributed by atoms with Gasteiger partial charge in [-0.3, -0.25) is 4.40 Å². The zero-order chi connectivity index (χ0) is 14.4. The summed E-state index contributed by atoms with van der Waals surface area (Å²) in [7, 11) is 0. The minimum absolute atomic E-state index is 0.137. The predicted molar refractivity (Wildman–Crippen MR) is 83.5 cm³/mol. The number of halogens is 1. The number of carbonyl (C=O) groups excluding carboxylic acids is 1. The molecule has 108 valence electrons. The first-order chi connectivity index (χ1) is 10.2. The van der Waals surface area contributed by atoms with Crippen LogP contribution in [0.15, 0.2) is 17.6 Å². The summed E-state index contributed by atoms with van der Waals surface area (Å²) in [5.74, 6) is -0.282. The molecule has 3 heterocycles. The van der Waals surface area contributed by atoms with Gasteiger partial charge in [0.15, 0.2) is 10.1 Å². The van der Waals surface area contributed by atoms with E-state index in [2.05, 4.69) is 4.98 Å². The van der Waals surface area contributed by atoms with E-state index >= 15 is 0 Å². The molecule has 0 saturated carbocycles. The summed E-state index contributed by atoms with van der Waals surface area (Å²) in [6.07, 6.45) is 5.22. The number of hydrogen-bond acceptors (Lipinski definition) is 5. The van der Waals surface area contributed by atoms with Crippen LogP contribution in [-0.2, 0) is 24.2 Å². The lowest BCUT2D eigenvalue weighted by Crippen LogP contribution is -2.05. The van der Waals surface area contributed by atoms with Gasteiger partial charge in [0.05, 0.1) is 5.69 Å². The highest BCUT2D eigenvalue weighted by Crippen LogP contribution is 2.31. The van der Waals surface area contributed by atoms with Crippen molar-refractivity contribution in [2.45, 2.75) is 25.9 Å². The van der Waals surface area contributed by atoms with Gasteiger partial charge in [0.25, 0.3) is 0 Å². The molecule has 0 aromatic carbocycles. The topological polar surface area (TPSA) is 43.6 Å². The maximum Gasteiger partial charge on any atom is 0.348 e. The van der Waals surface area contributed by atoms with E-state index in [0.717, 1.165) is 17.8 Å². The van der Waals surface area contributed by atoms with Gasteiger partial charge >= 0.3 is 5.97 Å². The predicted octanol–water partition coefficient (Wildman–Crippen LogP) is 3.96. The van der Waals surface area contributed by atoms with E-state index in [1.54, 1.807) is 11.3 Å². The van der Waals surface area contributed by atoms with Crippen molar-refractivity contribution in [2.24, 2.45) is 0 Å². The number of carbonyl (C=O) groups is 1. The Morgan fingerprint density at radius 3 is 3.24 bits per heavy atom. The van der Waals surface area contributed by atoms with E-state index < -0.39 is 0 Å². The molecule has 0 radical (unpaired) electrons. The summed E-state index contributed by atoms with van der Waals surface area (Å²) < 4.78 is 7.25. The standard InChI is InChI=1S/C14H11ClN2O2S2/c15-12-9(17-4-5-20-14(17)16-12)7-19-13(18)11-6-8-2-1-3-10(8)21-11/h4-6H,1-3,7H2. The van der Waals surface area contributed by atoms with Gasteiger partial charge in [-0.2, -0.15) is 0 Å². The Kier molecular flexibility index (Phi) is 3.24. The molecule has 0 bridgehead atoms. The van der Waals surface area contributed by atoms with Gasteiger partial charge in [0.2, 0.25) is 0 Å². The number of thiophene rings is 1. The minimum atomic E-state index is -0.282. The average Bonchev–Trinajstić information content (AvgIpc) is 3.15. The number of hydrogen-bond donors (Lipinski definition) is 0. The van der Waals surface area contributed by atoms with Crippen LogP contribution in [0.2, 0.25) is 5.15 Å². The third-order valence-corrected chi connectivity index (χ3v) is 5.88. The largest absolute Gasteiger partial charge is 0.455 e. The average molecular weight is 339 g/mol. The lowest BCUT2D eigenvalue weighted by atomic mass is 10.2. The van der Waals surface area contributed by atoms with Crippen molar-refractivity contribution in [3.63, 3.8) is 0 Å². The molecule has 0 spiro atoms. The maximum atomic E-state index is 12.1. The second-order valence-corrected chi connectivity index (χ2v) is 7.26. The first-order valence-electron chi connectivity index (χ1n) is 6.61. The summed E-state index contributed by atoms with van der Waals surface area (Å²) in [6, 6.07) is 1.97. The highest BCUT2D eigenvalue weighted by molar-refractivity contribution is 7.15. The van der Waals surface area contributed by atoms with Crippen LogP contribution in [-0.4, -0.2) is 15.4 Å². The van der Waals surface area contributed by atoms with Crippen LogP contribution in [0.5, 0.6) is 0 Å². The van der Waals surface area contributed by atoms with Crippen molar-refractivity contribution in [1.29, 1.82) is 0 Å². The molecule has 7 heteroatoms. The Balaban J connectivity index is 1.52. The van der Waals surface area contributed by atoms with Crippen molar-refractivity contribution in [3.05, 3.63) is 43.8 Å². The van der Waals surface area contributed by atoms with Crippen molar-refractivity contribution in [3.8, 4) is 0 Å². The number of nitrogens with zero attached hydrogens (tertiary/aromatic N) is 2. The second-order valence-electron chi connectivity index (χ2n) is 4.89. The fourth-order valence-electron chi connectivity index (χ4n) is 2.57. The quantitative estimate of drug-likeness (QED) is 0.679. The lowest BCUT2D eigenvalue weighted by molar-refractivity contribution is 0.0473. The van der Waals surface area contributed by atoms with E-state index in [1.807, 2.05) is 22.0 Å². The second kappa shape index (κ2) is 5.12. The summed E-state index contributed by atoms with van der Waals surface area (Å²) in [5, 5.41) is 2.32. The number of thiazole rings is 1. The molecule has 1 aliphatic carbocycles. The van der Waals surface area contributed by atoms with Gasteiger partial charge in [0.1, 0.15) is 11.5 Å². The molecule has 0 fully saturated rings. The van der Waals surface area contributed by atoms with Gasteiger partial charge in [0, 0.05) is 16.5 Å². The van der Waals surface area contributed by atoms with E-state index in [4.69, 9.17) is 16.3 Å². The molecule has 3 aromatic heterocycles. The molecule has 1 aliphatic rings. The zero-order valence-electron chi connectivity index (χ0n) is 11.0. The molecule has 0 amide bonds. The fourth-order valence-corrected chi connectivity index (χ4v) is 4.73. The molecule has 0 aliphatic heterocycles. The number of aromatic nitrogens is 2. The molecule has 0 unspecified atom stereocenters. The normalized spacial score (nSPS) is 13.8. The highest BCUT2D eigenvalue weighted by atomic mass is 35.5. The summed E-state index contributed by atoms with van der Waals surface area (Å²) in [6.45, 7) is 0.137. The first kappa shape index (κ1) is 13.3. The van der Waals surface area contributed by atoms with Crippen molar-refractivity contribution >= 4 is 45.2 Å². The van der Waals surface area contributed by atoms with E-state index in [9.17, 15) is 4.79 Å². The van der Waals surface area contributed by atoms with E-state index in [-0.39, 0.29) is 12.6 Å². The van der Waals surface area contributed by atoms with Crippen LogP contribution < -0.4 is 0 Å². The molecule has 21 heavy (non-hydrogen) atoms. The molecular weight excluding hydrogens is 328 g/mol. The van der Waals surface area contributed by atoms with E-state index in [1.165, 1.54) is 28.2 Å². The SMILES string of the molecule is O=C(OCc1c(Cl)nc2sccn12)c1cc2c(s1)CCC2. The number of imidazole rings is 1. The monoisotopic (exact) mass is 338 g/mol. The Morgan fingerprint density at radius 2 is 2.38 bits per heavy atom. The molecule has 0 saturated heterocycles. The minimum Gasteiger partial charge on any atom is -0.455 e. The van der Waals surface area contributed by atoms with Gasteiger partial charge in [-0.15, -0.1) is 22.7 Å². The van der Waals surface area contributed by atoms with Gasteiger partial charge in [-0.25, -0.2) is 9.78 Å². The first-order valence-corrected chi connectivity index (χ1v) is 8.68. The number of rotatable bonds is 3. The molecule has 0 atom stereocenters. The lowest BCUT2D eigenvalue weighted by Gasteiger charge is -2.03. The number of aryl methyl sites for hydroxylation is 2. The van der Waals surface area contributed by atoms with Crippen LogP contribution in [0.4, 0.5) is 0 Å². The number of esters is 1. The zero-order valence-corrected chi connectivity index (χ0v) is 13.4. The van der Waals surface area contributed by atoms with Crippen LogP contribution in [0, 0.1) is 0 Å². The third kappa shape index (κ3) is 2.27. The van der Waals surface area contributed by atoms with Crippen molar-refractivity contribution in [2.75, 3.05) is 0 Å². The van der Waals surface area contributed by atoms with Crippen LogP contribution in [0.3, 0.4) is 0 Å². The molecule has 4 rings (SSSR count). The Morgan fingerprint density at radius 1 is 1.48 bits per heavy atom. The number of fused-ring (bicyclic) bond motifs is 2. The van der Waals surface area contributed by atoms with Crippen LogP contribution in [0.1, 0.15) is 32.2 Å². The summed E-state index contributed by atoms with van der Waals surface area (Å²) in [5.41, 5.74) is 2.01. The maximum absolute atomic E-state index is 12.1. The Hall–Kier alpha value is -1.37. The Labute approximate surface area is 134 Å². The molecule has 0 N–H and O–H groups in total.